The minimum Gasteiger partial charge on any atom is -0.505 e. The van der Waals surface area contributed by atoms with Crippen molar-refractivity contribution in [2.75, 3.05) is 13.6 Å². The zero-order chi connectivity index (χ0) is 11.4. The highest BCUT2D eigenvalue weighted by atomic mass is 16.3. The van der Waals surface area contributed by atoms with Crippen molar-refractivity contribution in [1.29, 1.82) is 0 Å². The fourth-order valence-electron chi connectivity index (χ4n) is 1.05. The Morgan fingerprint density at radius 2 is 2.27 bits per heavy atom. The van der Waals surface area contributed by atoms with Crippen molar-refractivity contribution in [3.63, 3.8) is 0 Å². The number of aromatic hydroxyl groups is 1. The summed E-state index contributed by atoms with van der Waals surface area (Å²) < 4.78 is 0. The van der Waals surface area contributed by atoms with E-state index < -0.39 is 11.8 Å². The van der Waals surface area contributed by atoms with Gasteiger partial charge in [0.25, 0.3) is 5.91 Å². The molecule has 0 radical (unpaired) electrons. The van der Waals surface area contributed by atoms with Gasteiger partial charge in [-0.3, -0.25) is 9.59 Å². The zero-order valence-electron chi connectivity index (χ0n) is 8.17. The minimum atomic E-state index is -0.624. The number of carbonyl (C=O) groups is 2. The monoisotopic (exact) mass is 209 g/mol. The van der Waals surface area contributed by atoms with Crippen molar-refractivity contribution in [2.45, 2.75) is 0 Å². The Morgan fingerprint density at radius 1 is 1.60 bits per heavy atom. The van der Waals surface area contributed by atoms with Crippen molar-refractivity contribution in [1.82, 2.24) is 9.88 Å². The maximum atomic E-state index is 11.6. The van der Waals surface area contributed by atoms with Crippen LogP contribution < -0.4 is 5.73 Å². The summed E-state index contributed by atoms with van der Waals surface area (Å²) in [6.07, 6.45) is 1.38. The van der Waals surface area contributed by atoms with E-state index in [1.807, 2.05) is 0 Å². The van der Waals surface area contributed by atoms with Crippen LogP contribution in [0.5, 0.6) is 5.75 Å². The number of primary amides is 1. The van der Waals surface area contributed by atoms with Crippen LogP contribution in [-0.4, -0.2) is 40.4 Å². The lowest BCUT2D eigenvalue weighted by atomic mass is 10.3. The van der Waals surface area contributed by atoms with Gasteiger partial charge in [-0.05, 0) is 12.1 Å². The van der Waals surface area contributed by atoms with Crippen molar-refractivity contribution in [3.05, 3.63) is 24.0 Å². The van der Waals surface area contributed by atoms with Gasteiger partial charge >= 0.3 is 0 Å². The number of likely N-dealkylation sites (N-methyl/N-ethyl adjacent to an activating group) is 1. The molecule has 0 fully saturated rings. The third kappa shape index (κ3) is 2.67. The standard InChI is InChI=1S/C9H11N3O3/c1-12(5-7(10)14)9(15)8-6(13)3-2-4-11-8/h2-4,13H,5H2,1H3,(H2,10,14). The smallest absolute Gasteiger partial charge is 0.276 e. The van der Waals surface area contributed by atoms with E-state index in [0.29, 0.717) is 0 Å². The number of amides is 2. The summed E-state index contributed by atoms with van der Waals surface area (Å²) in [6, 6.07) is 2.85. The first-order chi connectivity index (χ1) is 7.02. The number of aromatic nitrogens is 1. The number of nitrogens with zero attached hydrogens (tertiary/aromatic N) is 2. The Morgan fingerprint density at radius 3 is 2.80 bits per heavy atom. The van der Waals surface area contributed by atoms with Crippen LogP contribution in [0, 0.1) is 0 Å². The molecule has 0 saturated carbocycles. The molecule has 1 aromatic heterocycles. The van der Waals surface area contributed by atoms with Gasteiger partial charge < -0.3 is 15.7 Å². The quantitative estimate of drug-likeness (QED) is 0.690. The molecule has 0 saturated heterocycles. The molecule has 6 heteroatoms. The first-order valence-electron chi connectivity index (χ1n) is 4.20. The predicted molar refractivity (Wildman–Crippen MR) is 52.1 cm³/mol. The SMILES string of the molecule is CN(CC(N)=O)C(=O)c1ncccc1O. The second-order valence-electron chi connectivity index (χ2n) is 3.00. The summed E-state index contributed by atoms with van der Waals surface area (Å²) in [5.41, 5.74) is 4.84. The van der Waals surface area contributed by atoms with E-state index in [4.69, 9.17) is 5.73 Å². The fourth-order valence-corrected chi connectivity index (χ4v) is 1.05. The van der Waals surface area contributed by atoms with Gasteiger partial charge in [0.05, 0.1) is 6.54 Å². The molecule has 0 atom stereocenters. The maximum absolute atomic E-state index is 11.6. The van der Waals surface area contributed by atoms with Gasteiger partial charge in [0, 0.05) is 13.2 Å². The molecular weight excluding hydrogens is 198 g/mol. The average Bonchev–Trinajstić information content (AvgIpc) is 2.16. The first kappa shape index (κ1) is 11.0. The van der Waals surface area contributed by atoms with Crippen LogP contribution in [0.15, 0.2) is 18.3 Å². The molecule has 1 heterocycles. The Bertz CT molecular complexity index is 392. The third-order valence-corrected chi connectivity index (χ3v) is 1.73. The lowest BCUT2D eigenvalue weighted by Crippen LogP contribution is -2.35. The molecule has 80 valence electrons. The molecule has 0 aliphatic carbocycles. The molecule has 0 aromatic carbocycles. The summed E-state index contributed by atoms with van der Waals surface area (Å²) >= 11 is 0. The molecule has 0 unspecified atom stereocenters. The predicted octanol–water partition coefficient (Wildman–Crippen LogP) is -0.655. The highest BCUT2D eigenvalue weighted by Gasteiger charge is 2.17. The van der Waals surface area contributed by atoms with E-state index in [1.54, 1.807) is 0 Å². The topological polar surface area (TPSA) is 96.5 Å². The Hall–Kier alpha value is -2.11. The highest BCUT2D eigenvalue weighted by molar-refractivity contribution is 5.96. The molecule has 0 aliphatic heterocycles. The average molecular weight is 209 g/mol. The number of hydrogen-bond acceptors (Lipinski definition) is 4. The molecule has 1 rings (SSSR count). The summed E-state index contributed by atoms with van der Waals surface area (Å²) in [5.74, 6) is -1.40. The third-order valence-electron chi connectivity index (χ3n) is 1.73. The number of hydrogen-bond donors (Lipinski definition) is 2. The number of carbonyl (C=O) groups excluding carboxylic acids is 2. The molecule has 0 bridgehead atoms. The highest BCUT2D eigenvalue weighted by Crippen LogP contribution is 2.13. The lowest BCUT2D eigenvalue weighted by molar-refractivity contribution is -0.118. The fraction of sp³-hybridized carbons (Fsp3) is 0.222. The summed E-state index contributed by atoms with van der Waals surface area (Å²) in [7, 11) is 1.40. The molecule has 6 nitrogen and oxygen atoms in total. The van der Waals surface area contributed by atoms with E-state index in [1.165, 1.54) is 25.4 Å². The zero-order valence-corrected chi connectivity index (χ0v) is 8.17. The van der Waals surface area contributed by atoms with Gasteiger partial charge in [-0.25, -0.2) is 4.98 Å². The minimum absolute atomic E-state index is 0.0961. The molecule has 1 aromatic rings. The van der Waals surface area contributed by atoms with Crippen molar-refractivity contribution < 1.29 is 14.7 Å². The largest absolute Gasteiger partial charge is 0.505 e. The molecule has 2 amide bonds. The summed E-state index contributed by atoms with van der Waals surface area (Å²) in [4.78, 5) is 27.0. The Kier molecular flexibility index (Phi) is 3.22. The van der Waals surface area contributed by atoms with Crippen LogP contribution in [0.1, 0.15) is 10.5 Å². The van der Waals surface area contributed by atoms with Gasteiger partial charge in [-0.15, -0.1) is 0 Å². The molecule has 0 spiro atoms. The van der Waals surface area contributed by atoms with Crippen LogP contribution in [0.25, 0.3) is 0 Å². The molecule has 3 N–H and O–H groups in total. The Labute approximate surface area is 86.3 Å². The van der Waals surface area contributed by atoms with Crippen LogP contribution in [0.3, 0.4) is 0 Å². The van der Waals surface area contributed by atoms with E-state index in [0.717, 1.165) is 4.90 Å². The maximum Gasteiger partial charge on any atom is 0.276 e. The second-order valence-corrected chi connectivity index (χ2v) is 3.00. The number of rotatable bonds is 3. The van der Waals surface area contributed by atoms with Crippen molar-refractivity contribution in [3.8, 4) is 5.75 Å². The van der Waals surface area contributed by atoms with E-state index in [-0.39, 0.29) is 18.0 Å². The second kappa shape index (κ2) is 4.41. The van der Waals surface area contributed by atoms with Crippen LogP contribution >= 0.6 is 0 Å². The van der Waals surface area contributed by atoms with Gasteiger partial charge in [0.2, 0.25) is 5.91 Å². The van der Waals surface area contributed by atoms with Crippen molar-refractivity contribution in [2.24, 2.45) is 5.73 Å². The summed E-state index contributed by atoms with van der Waals surface area (Å²) in [5, 5.41) is 9.34. The number of pyridine rings is 1. The normalized spacial score (nSPS) is 9.67. The van der Waals surface area contributed by atoms with E-state index in [9.17, 15) is 14.7 Å². The summed E-state index contributed by atoms with van der Waals surface area (Å²) in [6.45, 7) is -0.213. The lowest BCUT2D eigenvalue weighted by Gasteiger charge is -2.14. The molecule has 15 heavy (non-hydrogen) atoms. The molecule has 0 aliphatic rings. The van der Waals surface area contributed by atoms with Gasteiger partial charge in [0.15, 0.2) is 5.69 Å². The van der Waals surface area contributed by atoms with Gasteiger partial charge in [-0.1, -0.05) is 0 Å². The van der Waals surface area contributed by atoms with E-state index >= 15 is 0 Å². The van der Waals surface area contributed by atoms with Crippen LogP contribution in [-0.2, 0) is 4.79 Å². The van der Waals surface area contributed by atoms with Gasteiger partial charge in [0.1, 0.15) is 5.75 Å². The van der Waals surface area contributed by atoms with Crippen LogP contribution in [0.2, 0.25) is 0 Å². The first-order valence-corrected chi connectivity index (χ1v) is 4.20. The van der Waals surface area contributed by atoms with E-state index in [2.05, 4.69) is 4.98 Å². The Balaban J connectivity index is 2.85. The number of nitrogens with two attached hydrogens (primary N) is 1. The van der Waals surface area contributed by atoms with Crippen molar-refractivity contribution >= 4 is 11.8 Å². The van der Waals surface area contributed by atoms with Crippen LogP contribution in [0.4, 0.5) is 0 Å². The van der Waals surface area contributed by atoms with Gasteiger partial charge in [-0.2, -0.15) is 0 Å². The molecular formula is C9H11N3O3.